The molecule has 0 heterocycles. The zero-order valence-electron chi connectivity index (χ0n) is 11.5. The average molecular weight is 332 g/mol. The van der Waals surface area contributed by atoms with Gasteiger partial charge in [0.1, 0.15) is 0 Å². The Bertz CT molecular complexity index is 384. The molecule has 0 aliphatic heterocycles. The van der Waals surface area contributed by atoms with Gasteiger partial charge >= 0.3 is 0 Å². The van der Waals surface area contributed by atoms with Crippen molar-refractivity contribution >= 4 is 33.4 Å². The van der Waals surface area contributed by atoms with Gasteiger partial charge < -0.3 is 10.0 Å². The number of hydrogen-bond donors (Lipinski definition) is 1. The van der Waals surface area contributed by atoms with Gasteiger partial charge in [-0.15, -0.1) is 0 Å². The summed E-state index contributed by atoms with van der Waals surface area (Å²) in [5, 5.41) is 9.57. The summed E-state index contributed by atoms with van der Waals surface area (Å²) in [6.45, 7) is 4.03. The molecule has 1 unspecified atom stereocenters. The number of aliphatic hydroxyl groups excluding tert-OH is 1. The summed E-state index contributed by atoms with van der Waals surface area (Å²) in [6.07, 6.45) is 2.89. The number of halogens is 1. The lowest BCUT2D eigenvalue weighted by Crippen LogP contribution is -2.29. The second-order valence-electron chi connectivity index (χ2n) is 4.63. The van der Waals surface area contributed by atoms with Crippen molar-refractivity contribution in [3.8, 4) is 0 Å². The van der Waals surface area contributed by atoms with Gasteiger partial charge in [-0.1, -0.05) is 6.07 Å². The molecule has 0 radical (unpaired) electrons. The van der Waals surface area contributed by atoms with Crippen LogP contribution >= 0.6 is 27.7 Å². The zero-order valence-corrected chi connectivity index (χ0v) is 13.9. The summed E-state index contributed by atoms with van der Waals surface area (Å²) in [5.41, 5.74) is 2.11. The maximum absolute atomic E-state index is 9.57. The summed E-state index contributed by atoms with van der Waals surface area (Å²) in [5.74, 6) is 1.18. The van der Waals surface area contributed by atoms with E-state index in [0.29, 0.717) is 6.04 Å². The van der Waals surface area contributed by atoms with Gasteiger partial charge in [0.15, 0.2) is 0 Å². The Morgan fingerprint density at radius 2 is 2.06 bits per heavy atom. The van der Waals surface area contributed by atoms with Crippen LogP contribution in [0.1, 0.15) is 31.9 Å². The largest absolute Gasteiger partial charge is 0.389 e. The first-order valence-electron chi connectivity index (χ1n) is 6.16. The lowest BCUT2D eigenvalue weighted by molar-refractivity contribution is 0.199. The Kier molecular flexibility index (Phi) is 6.53. The van der Waals surface area contributed by atoms with Gasteiger partial charge in [0.2, 0.25) is 0 Å². The van der Waals surface area contributed by atoms with E-state index in [9.17, 15) is 5.11 Å². The summed E-state index contributed by atoms with van der Waals surface area (Å²) < 4.78 is 1.04. The molecule has 1 aromatic rings. The monoisotopic (exact) mass is 331 g/mol. The number of anilines is 1. The van der Waals surface area contributed by atoms with E-state index in [0.717, 1.165) is 10.0 Å². The fourth-order valence-corrected chi connectivity index (χ4v) is 3.04. The normalized spacial score (nSPS) is 14.3. The number of benzene rings is 1. The molecule has 1 rings (SSSR count). The maximum atomic E-state index is 9.57. The molecule has 0 spiro atoms. The topological polar surface area (TPSA) is 23.5 Å². The van der Waals surface area contributed by atoms with Gasteiger partial charge in [-0.25, -0.2) is 0 Å². The number of thioether (sulfide) groups is 1. The van der Waals surface area contributed by atoms with Crippen LogP contribution in [0.2, 0.25) is 0 Å². The summed E-state index contributed by atoms with van der Waals surface area (Å²) >= 11 is 5.48. The molecule has 18 heavy (non-hydrogen) atoms. The van der Waals surface area contributed by atoms with Crippen LogP contribution in [-0.2, 0) is 0 Å². The lowest BCUT2D eigenvalue weighted by atomic mass is 10.1. The van der Waals surface area contributed by atoms with Crippen LogP contribution in [0.5, 0.6) is 0 Å². The SMILES string of the molecule is CSCCC(C)N(C)c1ccc([C@H](C)O)cc1Br. The van der Waals surface area contributed by atoms with Crippen LogP contribution in [0.4, 0.5) is 5.69 Å². The van der Waals surface area contributed by atoms with Gasteiger partial charge in [-0.2, -0.15) is 11.8 Å². The Hall–Kier alpha value is -0.190. The minimum Gasteiger partial charge on any atom is -0.389 e. The molecule has 0 saturated carbocycles. The van der Waals surface area contributed by atoms with Crippen molar-refractivity contribution in [2.75, 3.05) is 24.0 Å². The highest BCUT2D eigenvalue weighted by Crippen LogP contribution is 2.30. The molecule has 0 aliphatic rings. The molecule has 0 saturated heterocycles. The Labute approximate surface area is 123 Å². The second kappa shape index (κ2) is 7.41. The van der Waals surface area contributed by atoms with E-state index in [1.54, 1.807) is 6.92 Å². The molecule has 102 valence electrons. The van der Waals surface area contributed by atoms with Gasteiger partial charge in [0.25, 0.3) is 0 Å². The summed E-state index contributed by atoms with van der Waals surface area (Å²) in [7, 11) is 2.12. The number of nitrogens with zero attached hydrogens (tertiary/aromatic N) is 1. The molecule has 0 aromatic heterocycles. The van der Waals surface area contributed by atoms with Crippen LogP contribution in [0.25, 0.3) is 0 Å². The minimum absolute atomic E-state index is 0.422. The molecule has 0 aliphatic carbocycles. The van der Waals surface area contributed by atoms with E-state index in [-0.39, 0.29) is 0 Å². The fraction of sp³-hybridized carbons (Fsp3) is 0.571. The zero-order chi connectivity index (χ0) is 13.7. The van der Waals surface area contributed by atoms with E-state index in [4.69, 9.17) is 0 Å². The van der Waals surface area contributed by atoms with E-state index in [1.807, 2.05) is 23.9 Å². The number of rotatable bonds is 6. The van der Waals surface area contributed by atoms with Crippen LogP contribution < -0.4 is 4.90 Å². The van der Waals surface area contributed by atoms with E-state index in [1.165, 1.54) is 17.9 Å². The highest BCUT2D eigenvalue weighted by atomic mass is 79.9. The quantitative estimate of drug-likeness (QED) is 0.849. The molecule has 0 bridgehead atoms. The van der Waals surface area contributed by atoms with Crippen LogP contribution in [0, 0.1) is 0 Å². The molecule has 1 N–H and O–H groups in total. The molecule has 0 fully saturated rings. The van der Waals surface area contributed by atoms with Crippen LogP contribution in [0.15, 0.2) is 22.7 Å². The smallest absolute Gasteiger partial charge is 0.0762 e. The van der Waals surface area contributed by atoms with E-state index >= 15 is 0 Å². The molecule has 4 heteroatoms. The predicted molar refractivity (Wildman–Crippen MR) is 85.6 cm³/mol. The summed E-state index contributed by atoms with van der Waals surface area (Å²) in [6, 6.07) is 6.56. The number of hydrogen-bond acceptors (Lipinski definition) is 3. The van der Waals surface area contributed by atoms with Crippen molar-refractivity contribution in [2.24, 2.45) is 0 Å². The Balaban J connectivity index is 2.82. The first kappa shape index (κ1) is 15.9. The van der Waals surface area contributed by atoms with Gasteiger partial charge in [0, 0.05) is 17.6 Å². The second-order valence-corrected chi connectivity index (χ2v) is 6.47. The lowest BCUT2D eigenvalue weighted by Gasteiger charge is -2.28. The molecule has 2 atom stereocenters. The number of aliphatic hydroxyl groups is 1. The van der Waals surface area contributed by atoms with Crippen LogP contribution in [0.3, 0.4) is 0 Å². The molecular weight excluding hydrogens is 310 g/mol. The third kappa shape index (κ3) is 4.18. The van der Waals surface area contributed by atoms with E-state index < -0.39 is 6.10 Å². The van der Waals surface area contributed by atoms with Crippen molar-refractivity contribution < 1.29 is 5.11 Å². The van der Waals surface area contributed by atoms with Crippen molar-refractivity contribution in [1.29, 1.82) is 0 Å². The standard InChI is InChI=1S/C14H22BrNOS/c1-10(7-8-18-4)16(3)14-6-5-12(11(2)17)9-13(14)15/h5-6,9-11,17H,7-8H2,1-4H3/t10?,11-/m0/s1. The predicted octanol–water partition coefficient (Wildman–Crippen LogP) is 4.08. The highest BCUT2D eigenvalue weighted by molar-refractivity contribution is 9.10. The van der Waals surface area contributed by atoms with Crippen molar-refractivity contribution in [2.45, 2.75) is 32.4 Å². The van der Waals surface area contributed by atoms with Gasteiger partial charge in [-0.05, 0) is 65.9 Å². The van der Waals surface area contributed by atoms with Gasteiger partial charge in [-0.3, -0.25) is 0 Å². The third-order valence-corrected chi connectivity index (χ3v) is 4.51. The van der Waals surface area contributed by atoms with Crippen molar-refractivity contribution in [3.05, 3.63) is 28.2 Å². The Morgan fingerprint density at radius 3 is 2.56 bits per heavy atom. The maximum Gasteiger partial charge on any atom is 0.0762 e. The highest BCUT2D eigenvalue weighted by Gasteiger charge is 2.13. The van der Waals surface area contributed by atoms with Crippen LogP contribution in [-0.4, -0.2) is 30.2 Å². The Morgan fingerprint density at radius 1 is 1.39 bits per heavy atom. The molecular formula is C14H22BrNOS. The summed E-state index contributed by atoms with van der Waals surface area (Å²) in [4.78, 5) is 2.28. The average Bonchev–Trinajstić information content (AvgIpc) is 2.34. The first-order valence-corrected chi connectivity index (χ1v) is 8.35. The van der Waals surface area contributed by atoms with Crippen molar-refractivity contribution in [1.82, 2.24) is 0 Å². The van der Waals surface area contributed by atoms with E-state index in [2.05, 4.69) is 47.1 Å². The molecule has 2 nitrogen and oxygen atoms in total. The van der Waals surface area contributed by atoms with Gasteiger partial charge in [0.05, 0.1) is 11.8 Å². The van der Waals surface area contributed by atoms with Crippen molar-refractivity contribution in [3.63, 3.8) is 0 Å². The molecule has 1 aromatic carbocycles. The molecule has 0 amide bonds. The fourth-order valence-electron chi connectivity index (χ4n) is 1.79. The minimum atomic E-state index is -0.422. The third-order valence-electron chi connectivity index (χ3n) is 3.24. The first-order chi connectivity index (χ1) is 8.47.